The van der Waals surface area contributed by atoms with Gasteiger partial charge in [-0.15, -0.1) is 0 Å². The van der Waals surface area contributed by atoms with Crippen molar-refractivity contribution in [3.63, 3.8) is 0 Å². The molecule has 1 aliphatic heterocycles. The van der Waals surface area contributed by atoms with E-state index in [0.717, 1.165) is 38.3 Å². The van der Waals surface area contributed by atoms with Gasteiger partial charge in [-0.1, -0.05) is 13.8 Å². The Morgan fingerprint density at radius 2 is 2.33 bits per heavy atom. The van der Waals surface area contributed by atoms with Gasteiger partial charge in [0, 0.05) is 0 Å². The monoisotopic (exact) mass is 252 g/mol. The van der Waals surface area contributed by atoms with Crippen LogP contribution in [0.2, 0.25) is 0 Å². The lowest BCUT2D eigenvalue weighted by atomic mass is 10.2. The Hall–Kier alpha value is -0.940. The lowest BCUT2D eigenvalue weighted by Crippen LogP contribution is -2.24. The zero-order valence-electron chi connectivity index (χ0n) is 11.6. The molecule has 1 aliphatic rings. The molecule has 0 bridgehead atoms. The minimum Gasteiger partial charge on any atom is -0.373 e. The van der Waals surface area contributed by atoms with Crippen molar-refractivity contribution in [3.8, 4) is 0 Å². The predicted octanol–water partition coefficient (Wildman–Crippen LogP) is 1.59. The molecule has 0 aliphatic carbocycles. The molecule has 2 rings (SSSR count). The molecule has 102 valence electrons. The SMILES string of the molecule is CC(C)CNCc1ncnn1CC1CCC(C)O1. The van der Waals surface area contributed by atoms with Gasteiger partial charge < -0.3 is 10.1 Å². The Kier molecular flexibility index (Phi) is 4.72. The molecule has 1 aromatic heterocycles. The summed E-state index contributed by atoms with van der Waals surface area (Å²) in [6, 6.07) is 0. The van der Waals surface area contributed by atoms with E-state index in [1.54, 1.807) is 6.33 Å². The van der Waals surface area contributed by atoms with Crippen LogP contribution in [-0.2, 0) is 17.8 Å². The quantitative estimate of drug-likeness (QED) is 0.835. The molecule has 0 saturated carbocycles. The molecule has 0 amide bonds. The third kappa shape index (κ3) is 3.78. The molecule has 1 aromatic rings. The molecule has 1 saturated heterocycles. The van der Waals surface area contributed by atoms with Crippen LogP contribution in [0.1, 0.15) is 39.4 Å². The molecule has 2 unspecified atom stereocenters. The largest absolute Gasteiger partial charge is 0.373 e. The van der Waals surface area contributed by atoms with E-state index in [1.807, 2.05) is 4.68 Å². The van der Waals surface area contributed by atoms with E-state index in [9.17, 15) is 0 Å². The van der Waals surface area contributed by atoms with Gasteiger partial charge >= 0.3 is 0 Å². The summed E-state index contributed by atoms with van der Waals surface area (Å²) in [7, 11) is 0. The van der Waals surface area contributed by atoms with E-state index in [4.69, 9.17) is 4.74 Å². The van der Waals surface area contributed by atoms with Crippen LogP contribution in [0.4, 0.5) is 0 Å². The number of rotatable bonds is 6. The van der Waals surface area contributed by atoms with Crippen molar-refractivity contribution in [2.24, 2.45) is 5.92 Å². The average molecular weight is 252 g/mol. The summed E-state index contributed by atoms with van der Waals surface area (Å²) in [4.78, 5) is 4.31. The van der Waals surface area contributed by atoms with Crippen LogP contribution in [0.5, 0.6) is 0 Å². The summed E-state index contributed by atoms with van der Waals surface area (Å²) in [5.41, 5.74) is 0. The first-order valence-electron chi connectivity index (χ1n) is 6.88. The summed E-state index contributed by atoms with van der Waals surface area (Å²) in [6.45, 7) is 9.14. The van der Waals surface area contributed by atoms with E-state index >= 15 is 0 Å². The van der Waals surface area contributed by atoms with E-state index < -0.39 is 0 Å². The normalized spacial score (nSPS) is 24.0. The Labute approximate surface area is 109 Å². The van der Waals surface area contributed by atoms with Crippen LogP contribution in [0.3, 0.4) is 0 Å². The van der Waals surface area contributed by atoms with Gasteiger partial charge in [-0.05, 0) is 32.2 Å². The van der Waals surface area contributed by atoms with Crippen LogP contribution < -0.4 is 5.32 Å². The average Bonchev–Trinajstić information content (AvgIpc) is 2.89. The van der Waals surface area contributed by atoms with Gasteiger partial charge in [0.05, 0.1) is 25.3 Å². The van der Waals surface area contributed by atoms with Gasteiger partial charge in [-0.25, -0.2) is 9.67 Å². The first-order valence-corrected chi connectivity index (χ1v) is 6.88. The zero-order valence-corrected chi connectivity index (χ0v) is 11.6. The smallest absolute Gasteiger partial charge is 0.140 e. The van der Waals surface area contributed by atoms with Gasteiger partial charge in [-0.3, -0.25) is 0 Å². The minimum atomic E-state index is 0.297. The highest BCUT2D eigenvalue weighted by molar-refractivity contribution is 4.85. The highest BCUT2D eigenvalue weighted by Gasteiger charge is 2.23. The second kappa shape index (κ2) is 6.29. The molecule has 0 aromatic carbocycles. The fraction of sp³-hybridized carbons (Fsp3) is 0.846. The van der Waals surface area contributed by atoms with Crippen molar-refractivity contribution in [1.29, 1.82) is 0 Å². The number of nitrogens with zero attached hydrogens (tertiary/aromatic N) is 3. The van der Waals surface area contributed by atoms with Crippen LogP contribution in [0.15, 0.2) is 6.33 Å². The van der Waals surface area contributed by atoms with Crippen LogP contribution in [0.25, 0.3) is 0 Å². The molecule has 5 nitrogen and oxygen atoms in total. The van der Waals surface area contributed by atoms with Crippen molar-refractivity contribution in [3.05, 3.63) is 12.2 Å². The summed E-state index contributed by atoms with van der Waals surface area (Å²) < 4.78 is 7.79. The topological polar surface area (TPSA) is 52.0 Å². The maximum atomic E-state index is 5.82. The third-order valence-electron chi connectivity index (χ3n) is 3.23. The van der Waals surface area contributed by atoms with Gasteiger partial charge in [0.1, 0.15) is 12.2 Å². The molecular formula is C13H24N4O. The fourth-order valence-electron chi connectivity index (χ4n) is 2.26. The number of aromatic nitrogens is 3. The van der Waals surface area contributed by atoms with Gasteiger partial charge in [0.25, 0.3) is 0 Å². The first-order chi connectivity index (χ1) is 8.65. The van der Waals surface area contributed by atoms with Crippen molar-refractivity contribution in [2.45, 2.75) is 58.9 Å². The fourth-order valence-corrected chi connectivity index (χ4v) is 2.26. The Balaban J connectivity index is 1.83. The van der Waals surface area contributed by atoms with Crippen molar-refractivity contribution < 1.29 is 4.74 Å². The second-order valence-corrected chi connectivity index (χ2v) is 5.53. The standard InChI is InChI=1S/C13H24N4O/c1-10(2)6-14-7-13-15-9-16-17(13)8-12-5-4-11(3)18-12/h9-12,14H,4-8H2,1-3H3. The molecule has 1 N–H and O–H groups in total. The van der Waals surface area contributed by atoms with Crippen molar-refractivity contribution >= 4 is 0 Å². The molecule has 18 heavy (non-hydrogen) atoms. The van der Waals surface area contributed by atoms with Crippen LogP contribution in [0, 0.1) is 5.92 Å². The summed E-state index contributed by atoms with van der Waals surface area (Å²) in [6.07, 6.45) is 4.59. The highest BCUT2D eigenvalue weighted by Crippen LogP contribution is 2.20. The van der Waals surface area contributed by atoms with E-state index in [0.29, 0.717) is 18.1 Å². The summed E-state index contributed by atoms with van der Waals surface area (Å²) in [5, 5.41) is 7.69. The molecule has 0 radical (unpaired) electrons. The Bertz CT molecular complexity index is 364. The molecule has 2 heterocycles. The first kappa shape index (κ1) is 13.5. The lowest BCUT2D eigenvalue weighted by Gasteiger charge is -2.13. The van der Waals surface area contributed by atoms with Crippen LogP contribution >= 0.6 is 0 Å². The number of nitrogens with one attached hydrogen (secondary N) is 1. The molecule has 2 atom stereocenters. The van der Waals surface area contributed by atoms with E-state index in [-0.39, 0.29) is 0 Å². The summed E-state index contributed by atoms with van der Waals surface area (Å²) >= 11 is 0. The van der Waals surface area contributed by atoms with Gasteiger partial charge in [0.15, 0.2) is 0 Å². The van der Waals surface area contributed by atoms with Crippen molar-refractivity contribution in [1.82, 2.24) is 20.1 Å². The Morgan fingerprint density at radius 3 is 3.00 bits per heavy atom. The molecular weight excluding hydrogens is 228 g/mol. The molecule has 1 fully saturated rings. The second-order valence-electron chi connectivity index (χ2n) is 5.53. The minimum absolute atomic E-state index is 0.297. The Morgan fingerprint density at radius 1 is 1.50 bits per heavy atom. The maximum Gasteiger partial charge on any atom is 0.140 e. The van der Waals surface area contributed by atoms with Crippen molar-refractivity contribution in [2.75, 3.05) is 6.54 Å². The molecule has 5 heteroatoms. The zero-order chi connectivity index (χ0) is 13.0. The third-order valence-corrected chi connectivity index (χ3v) is 3.23. The van der Waals surface area contributed by atoms with E-state index in [1.165, 1.54) is 0 Å². The number of ether oxygens (including phenoxy) is 1. The molecule has 0 spiro atoms. The van der Waals surface area contributed by atoms with Gasteiger partial charge in [0.2, 0.25) is 0 Å². The van der Waals surface area contributed by atoms with Crippen LogP contribution in [-0.4, -0.2) is 33.5 Å². The van der Waals surface area contributed by atoms with E-state index in [2.05, 4.69) is 36.2 Å². The van der Waals surface area contributed by atoms with Gasteiger partial charge in [-0.2, -0.15) is 5.10 Å². The lowest BCUT2D eigenvalue weighted by molar-refractivity contribution is 0.0430. The number of hydrogen-bond donors (Lipinski definition) is 1. The maximum absolute atomic E-state index is 5.82. The number of hydrogen-bond acceptors (Lipinski definition) is 4. The predicted molar refractivity (Wildman–Crippen MR) is 70.1 cm³/mol. The summed E-state index contributed by atoms with van der Waals surface area (Å²) in [5.74, 6) is 1.65. The highest BCUT2D eigenvalue weighted by atomic mass is 16.5.